The summed E-state index contributed by atoms with van der Waals surface area (Å²) < 4.78 is 10.1. The van der Waals surface area contributed by atoms with Gasteiger partial charge in [-0.25, -0.2) is 0 Å². The van der Waals surface area contributed by atoms with Gasteiger partial charge in [0.1, 0.15) is 0 Å². The number of carbonyl (C=O) groups excluding carboxylic acids is 2. The predicted octanol–water partition coefficient (Wildman–Crippen LogP) is 0.366. The minimum Gasteiger partial charge on any atom is -0.469 e. The van der Waals surface area contributed by atoms with Gasteiger partial charge in [0.2, 0.25) is 5.91 Å². The first-order chi connectivity index (χ1) is 10.1. The van der Waals surface area contributed by atoms with Gasteiger partial charge in [0.25, 0.3) is 0 Å². The summed E-state index contributed by atoms with van der Waals surface area (Å²) in [6.45, 7) is 7.13. The highest BCUT2D eigenvalue weighted by Crippen LogP contribution is 2.31. The molecule has 2 fully saturated rings. The van der Waals surface area contributed by atoms with Crippen LogP contribution < -0.4 is 0 Å². The predicted molar refractivity (Wildman–Crippen MR) is 77.7 cm³/mol. The monoisotopic (exact) mass is 298 g/mol. The number of hydrogen-bond acceptors (Lipinski definition) is 5. The van der Waals surface area contributed by atoms with Crippen LogP contribution in [0.2, 0.25) is 0 Å². The van der Waals surface area contributed by atoms with E-state index in [2.05, 4.69) is 4.90 Å². The van der Waals surface area contributed by atoms with E-state index in [1.807, 2.05) is 11.8 Å². The van der Waals surface area contributed by atoms with Crippen molar-refractivity contribution in [1.82, 2.24) is 9.80 Å². The van der Waals surface area contributed by atoms with Crippen molar-refractivity contribution in [2.45, 2.75) is 19.8 Å². The Hall–Kier alpha value is -1.14. The fourth-order valence-corrected chi connectivity index (χ4v) is 2.57. The lowest BCUT2D eigenvalue weighted by atomic mass is 10.1. The maximum atomic E-state index is 12.4. The summed E-state index contributed by atoms with van der Waals surface area (Å²) in [5.74, 6) is -0.157. The Morgan fingerprint density at radius 1 is 1.33 bits per heavy atom. The van der Waals surface area contributed by atoms with Gasteiger partial charge in [-0.15, -0.1) is 0 Å². The molecule has 120 valence electrons. The van der Waals surface area contributed by atoms with Crippen molar-refractivity contribution in [3.8, 4) is 0 Å². The van der Waals surface area contributed by atoms with Gasteiger partial charge >= 0.3 is 5.97 Å². The van der Waals surface area contributed by atoms with E-state index in [4.69, 9.17) is 9.47 Å². The van der Waals surface area contributed by atoms with Crippen LogP contribution in [0.15, 0.2) is 0 Å². The molecule has 1 heterocycles. The molecule has 1 saturated heterocycles. The van der Waals surface area contributed by atoms with E-state index in [0.29, 0.717) is 13.1 Å². The summed E-state index contributed by atoms with van der Waals surface area (Å²) >= 11 is 0. The van der Waals surface area contributed by atoms with Crippen LogP contribution in [-0.2, 0) is 19.1 Å². The molecule has 0 radical (unpaired) electrons. The molecule has 21 heavy (non-hydrogen) atoms. The average Bonchev–Trinajstić information content (AvgIpc) is 3.35. The number of ether oxygens (including phenoxy) is 2. The number of esters is 1. The molecule has 1 atom stereocenters. The number of carbonyl (C=O) groups is 2. The lowest BCUT2D eigenvalue weighted by Gasteiger charge is -2.31. The second-order valence-electron chi connectivity index (χ2n) is 5.94. The summed E-state index contributed by atoms with van der Waals surface area (Å²) in [6.07, 6.45) is 1.97. The fourth-order valence-electron chi connectivity index (χ4n) is 2.57. The molecule has 2 aliphatic rings. The van der Waals surface area contributed by atoms with Gasteiger partial charge in [0, 0.05) is 38.6 Å². The number of amides is 1. The minimum atomic E-state index is -0.276. The summed E-state index contributed by atoms with van der Waals surface area (Å²) in [4.78, 5) is 28.1. The Balaban J connectivity index is 1.85. The third kappa shape index (κ3) is 4.97. The standard InChI is InChI=1S/C15H26N2O4/c1-12(15(19)20-2)11-17(14(18)13-3-4-13)6-5-16-7-9-21-10-8-16/h12-13H,3-11H2,1-2H3. The first-order valence-electron chi connectivity index (χ1n) is 7.78. The smallest absolute Gasteiger partial charge is 0.310 e. The maximum Gasteiger partial charge on any atom is 0.310 e. The second kappa shape index (κ2) is 7.75. The van der Waals surface area contributed by atoms with Gasteiger partial charge in [-0.1, -0.05) is 6.92 Å². The van der Waals surface area contributed by atoms with Crippen LogP contribution in [0.4, 0.5) is 0 Å². The van der Waals surface area contributed by atoms with E-state index in [1.165, 1.54) is 7.11 Å². The average molecular weight is 298 g/mol. The lowest BCUT2D eigenvalue weighted by Crippen LogP contribution is -2.45. The summed E-state index contributed by atoms with van der Waals surface area (Å²) in [6, 6.07) is 0. The SMILES string of the molecule is COC(=O)C(C)CN(CCN1CCOCC1)C(=O)C1CC1. The quantitative estimate of drug-likeness (QED) is 0.636. The first-order valence-corrected chi connectivity index (χ1v) is 7.78. The third-order valence-electron chi connectivity index (χ3n) is 4.13. The second-order valence-corrected chi connectivity index (χ2v) is 5.94. The molecule has 6 heteroatoms. The molecule has 1 aliphatic carbocycles. The molecule has 0 N–H and O–H groups in total. The molecule has 2 rings (SSSR count). The molecule has 0 spiro atoms. The number of hydrogen-bond donors (Lipinski definition) is 0. The van der Waals surface area contributed by atoms with E-state index >= 15 is 0 Å². The number of morpholine rings is 1. The van der Waals surface area contributed by atoms with Crippen molar-refractivity contribution < 1.29 is 19.1 Å². The zero-order valence-electron chi connectivity index (χ0n) is 13.0. The van der Waals surface area contributed by atoms with E-state index in [9.17, 15) is 9.59 Å². The normalized spacial score (nSPS) is 20.9. The van der Waals surface area contributed by atoms with E-state index in [-0.39, 0.29) is 23.7 Å². The third-order valence-corrected chi connectivity index (χ3v) is 4.13. The Morgan fingerprint density at radius 3 is 2.57 bits per heavy atom. The summed E-state index contributed by atoms with van der Waals surface area (Å²) in [7, 11) is 1.39. The van der Waals surface area contributed by atoms with Gasteiger partial charge in [-0.3, -0.25) is 14.5 Å². The van der Waals surface area contributed by atoms with Crippen molar-refractivity contribution in [3.05, 3.63) is 0 Å². The molecular formula is C15H26N2O4. The zero-order chi connectivity index (χ0) is 15.2. The molecule has 6 nitrogen and oxygen atoms in total. The molecular weight excluding hydrogens is 272 g/mol. The van der Waals surface area contributed by atoms with Crippen LogP contribution in [0.5, 0.6) is 0 Å². The molecule has 1 amide bonds. The highest BCUT2D eigenvalue weighted by Gasteiger charge is 2.34. The Bertz CT molecular complexity index is 365. The Labute approximate surface area is 126 Å². The van der Waals surface area contributed by atoms with Crippen LogP contribution in [0.1, 0.15) is 19.8 Å². The van der Waals surface area contributed by atoms with Crippen molar-refractivity contribution in [1.29, 1.82) is 0 Å². The highest BCUT2D eigenvalue weighted by molar-refractivity contribution is 5.82. The highest BCUT2D eigenvalue weighted by atomic mass is 16.5. The van der Waals surface area contributed by atoms with Gasteiger partial charge in [-0.05, 0) is 12.8 Å². The topological polar surface area (TPSA) is 59.1 Å². The maximum absolute atomic E-state index is 12.4. The van der Waals surface area contributed by atoms with E-state index < -0.39 is 0 Å². The fraction of sp³-hybridized carbons (Fsp3) is 0.867. The minimum absolute atomic E-state index is 0.180. The number of rotatable bonds is 7. The number of methoxy groups -OCH3 is 1. The van der Waals surface area contributed by atoms with Crippen LogP contribution in [-0.4, -0.2) is 74.7 Å². The van der Waals surface area contributed by atoms with Crippen LogP contribution in [0, 0.1) is 11.8 Å². The molecule has 0 bridgehead atoms. The van der Waals surface area contributed by atoms with Gasteiger partial charge in [0.05, 0.1) is 26.2 Å². The summed E-state index contributed by atoms with van der Waals surface area (Å²) in [5.41, 5.74) is 0. The van der Waals surface area contributed by atoms with Crippen LogP contribution >= 0.6 is 0 Å². The van der Waals surface area contributed by atoms with Crippen molar-refractivity contribution >= 4 is 11.9 Å². The van der Waals surface area contributed by atoms with Crippen molar-refractivity contribution in [3.63, 3.8) is 0 Å². The summed E-state index contributed by atoms with van der Waals surface area (Å²) in [5, 5.41) is 0. The number of nitrogens with zero attached hydrogens (tertiary/aromatic N) is 2. The molecule has 1 saturated carbocycles. The van der Waals surface area contributed by atoms with Crippen molar-refractivity contribution in [2.75, 3.05) is 53.0 Å². The van der Waals surface area contributed by atoms with E-state index in [0.717, 1.165) is 45.7 Å². The molecule has 0 aromatic rings. The molecule has 0 aromatic carbocycles. The molecule has 1 unspecified atom stereocenters. The Morgan fingerprint density at radius 2 is 2.00 bits per heavy atom. The van der Waals surface area contributed by atoms with Gasteiger partial charge < -0.3 is 14.4 Å². The Kier molecular flexibility index (Phi) is 5.99. The van der Waals surface area contributed by atoms with Gasteiger partial charge in [0.15, 0.2) is 0 Å². The van der Waals surface area contributed by atoms with Crippen molar-refractivity contribution in [2.24, 2.45) is 11.8 Å². The zero-order valence-corrected chi connectivity index (χ0v) is 13.0. The molecule has 0 aromatic heterocycles. The largest absolute Gasteiger partial charge is 0.469 e. The van der Waals surface area contributed by atoms with Crippen LogP contribution in [0.3, 0.4) is 0 Å². The van der Waals surface area contributed by atoms with Gasteiger partial charge in [-0.2, -0.15) is 0 Å². The first kappa shape index (κ1) is 16.2. The van der Waals surface area contributed by atoms with E-state index in [1.54, 1.807) is 0 Å². The molecule has 1 aliphatic heterocycles. The lowest BCUT2D eigenvalue weighted by molar-refractivity contribution is -0.146. The van der Waals surface area contributed by atoms with Crippen LogP contribution in [0.25, 0.3) is 0 Å².